The van der Waals surface area contributed by atoms with Gasteiger partial charge >= 0.3 is 5.97 Å². The lowest BCUT2D eigenvalue weighted by Crippen LogP contribution is -2.31. The van der Waals surface area contributed by atoms with Crippen molar-refractivity contribution in [1.82, 2.24) is 15.3 Å². The van der Waals surface area contributed by atoms with E-state index < -0.39 is 12.3 Å². The zero-order chi connectivity index (χ0) is 28.2. The number of thioether (sulfide) groups is 1. The van der Waals surface area contributed by atoms with Gasteiger partial charge < -0.3 is 25.0 Å². The number of nitrogens with one attached hydrogen (secondary N) is 1. The highest BCUT2D eigenvalue weighted by molar-refractivity contribution is 7.99. The number of carboxylic acid groups (broad SMARTS) is 1. The SMILES string of the molecule is O=C(O)CCCCCC(=O)NCc1ccc([C@H]2O[C@@H](CSc3ncccn3)C[C@@H](c3ccc(CO)cc3)O2)cc1. The van der Waals surface area contributed by atoms with Crippen LogP contribution in [0.15, 0.2) is 72.1 Å². The molecular weight excluding hydrogens is 530 g/mol. The van der Waals surface area contributed by atoms with Crippen molar-refractivity contribution in [1.29, 1.82) is 0 Å². The lowest BCUT2D eigenvalue weighted by atomic mass is 10.0. The van der Waals surface area contributed by atoms with Crippen molar-refractivity contribution in [2.45, 2.75) is 75.3 Å². The number of hydrogen-bond acceptors (Lipinski definition) is 8. The third kappa shape index (κ3) is 9.41. The number of carbonyl (C=O) groups is 2. The summed E-state index contributed by atoms with van der Waals surface area (Å²) in [5.74, 6) is -0.174. The summed E-state index contributed by atoms with van der Waals surface area (Å²) in [6, 6.07) is 17.4. The summed E-state index contributed by atoms with van der Waals surface area (Å²) < 4.78 is 12.8. The molecule has 0 bridgehead atoms. The Balaban J connectivity index is 1.34. The topological polar surface area (TPSA) is 131 Å². The first-order chi connectivity index (χ1) is 19.5. The number of benzene rings is 2. The summed E-state index contributed by atoms with van der Waals surface area (Å²) >= 11 is 1.55. The third-order valence-electron chi connectivity index (χ3n) is 6.59. The van der Waals surface area contributed by atoms with Crippen LogP contribution in [0, 0.1) is 0 Å². The third-order valence-corrected chi connectivity index (χ3v) is 7.60. The standard InChI is InChI=1S/C30H35N3O6S/c34-19-22-9-11-23(12-10-22)26-17-25(20-40-30-31-15-4-16-32-30)38-29(39-26)24-13-7-21(8-14-24)18-33-27(35)5-2-1-3-6-28(36)37/h4,7-16,25-26,29,34H,1-3,5-6,17-20H2,(H,33,35)(H,36,37)/t25-,26+,29+/m1/s1. The van der Waals surface area contributed by atoms with Crippen molar-refractivity contribution < 1.29 is 29.3 Å². The van der Waals surface area contributed by atoms with Gasteiger partial charge in [0, 0.05) is 49.5 Å². The smallest absolute Gasteiger partial charge is 0.303 e. The number of aliphatic hydroxyl groups is 1. The summed E-state index contributed by atoms with van der Waals surface area (Å²) in [5.41, 5.74) is 3.72. The fraction of sp³-hybridized carbons (Fsp3) is 0.400. The van der Waals surface area contributed by atoms with Gasteiger partial charge in [0.25, 0.3) is 0 Å². The molecule has 0 aliphatic carbocycles. The number of amides is 1. The van der Waals surface area contributed by atoms with Gasteiger partial charge in [-0.15, -0.1) is 0 Å². The molecule has 4 rings (SSSR count). The van der Waals surface area contributed by atoms with Crippen molar-refractivity contribution >= 4 is 23.6 Å². The van der Waals surface area contributed by atoms with Crippen LogP contribution in [0.2, 0.25) is 0 Å². The molecule has 1 aliphatic rings. The van der Waals surface area contributed by atoms with E-state index in [9.17, 15) is 14.7 Å². The summed E-state index contributed by atoms with van der Waals surface area (Å²) in [6.45, 7) is 0.407. The quantitative estimate of drug-likeness (QED) is 0.141. The second-order valence-corrected chi connectivity index (χ2v) is 10.7. The first-order valence-corrected chi connectivity index (χ1v) is 14.5. The first-order valence-electron chi connectivity index (χ1n) is 13.5. The average molecular weight is 566 g/mol. The number of ether oxygens (including phenoxy) is 2. The maximum Gasteiger partial charge on any atom is 0.303 e. The van der Waals surface area contributed by atoms with Crippen LogP contribution in [-0.4, -0.2) is 43.9 Å². The molecule has 1 aromatic heterocycles. The Morgan fingerprint density at radius 3 is 2.27 bits per heavy atom. The molecule has 40 heavy (non-hydrogen) atoms. The fourth-order valence-electron chi connectivity index (χ4n) is 4.37. The van der Waals surface area contributed by atoms with Gasteiger partial charge in [0.15, 0.2) is 11.4 Å². The van der Waals surface area contributed by atoms with E-state index in [0.29, 0.717) is 43.1 Å². The van der Waals surface area contributed by atoms with Gasteiger partial charge in [-0.25, -0.2) is 9.97 Å². The Kier molecular flexibility index (Phi) is 11.5. The Morgan fingerprint density at radius 1 is 0.900 bits per heavy atom. The number of rotatable bonds is 14. The lowest BCUT2D eigenvalue weighted by Gasteiger charge is -2.36. The molecule has 1 amide bonds. The molecule has 9 nitrogen and oxygen atoms in total. The van der Waals surface area contributed by atoms with Gasteiger partial charge in [-0.1, -0.05) is 66.7 Å². The minimum atomic E-state index is -0.805. The van der Waals surface area contributed by atoms with Crippen molar-refractivity contribution in [3.05, 3.63) is 89.2 Å². The van der Waals surface area contributed by atoms with Crippen molar-refractivity contribution in [3.8, 4) is 0 Å². The lowest BCUT2D eigenvalue weighted by molar-refractivity contribution is -0.245. The zero-order valence-electron chi connectivity index (χ0n) is 22.3. The van der Waals surface area contributed by atoms with Crippen LogP contribution in [0.4, 0.5) is 0 Å². The predicted octanol–water partition coefficient (Wildman–Crippen LogP) is 4.96. The number of unbranched alkanes of at least 4 members (excludes halogenated alkanes) is 2. The molecule has 212 valence electrons. The molecule has 0 radical (unpaired) electrons. The van der Waals surface area contributed by atoms with Gasteiger partial charge in [-0.3, -0.25) is 9.59 Å². The molecule has 2 heterocycles. The molecule has 2 aromatic carbocycles. The molecule has 0 unspecified atom stereocenters. The second-order valence-electron chi connectivity index (χ2n) is 9.67. The van der Waals surface area contributed by atoms with E-state index in [0.717, 1.165) is 28.7 Å². The molecule has 1 saturated heterocycles. The minimum absolute atomic E-state index is 0.00647. The molecular formula is C30H35N3O6S. The Labute approximate surface area is 238 Å². The van der Waals surface area contributed by atoms with E-state index >= 15 is 0 Å². The van der Waals surface area contributed by atoms with Crippen molar-refractivity contribution in [3.63, 3.8) is 0 Å². The molecule has 10 heteroatoms. The number of carboxylic acids is 1. The first kappa shape index (κ1) is 29.7. The maximum atomic E-state index is 12.1. The highest BCUT2D eigenvalue weighted by Gasteiger charge is 2.32. The number of nitrogens with zero attached hydrogens (tertiary/aromatic N) is 2. The van der Waals surface area contributed by atoms with E-state index in [-0.39, 0.29) is 31.1 Å². The maximum absolute atomic E-state index is 12.1. The van der Waals surface area contributed by atoms with Gasteiger partial charge in [0.1, 0.15) is 0 Å². The minimum Gasteiger partial charge on any atom is -0.481 e. The van der Waals surface area contributed by atoms with E-state index in [1.54, 1.807) is 30.2 Å². The second kappa shape index (κ2) is 15.5. The Morgan fingerprint density at radius 2 is 1.57 bits per heavy atom. The van der Waals surface area contributed by atoms with Crippen LogP contribution < -0.4 is 5.32 Å². The molecule has 1 aliphatic heterocycles. The normalized spacial score (nSPS) is 18.8. The number of hydrogen-bond donors (Lipinski definition) is 3. The summed E-state index contributed by atoms with van der Waals surface area (Å²) in [6.07, 6.45) is 5.80. The van der Waals surface area contributed by atoms with E-state index in [1.165, 1.54) is 0 Å². The van der Waals surface area contributed by atoms with Crippen LogP contribution in [0.25, 0.3) is 0 Å². The highest BCUT2D eigenvalue weighted by Crippen LogP contribution is 2.39. The summed E-state index contributed by atoms with van der Waals surface area (Å²) in [7, 11) is 0. The fourth-order valence-corrected chi connectivity index (χ4v) is 5.19. The number of carbonyl (C=O) groups excluding carboxylic acids is 1. The average Bonchev–Trinajstić information content (AvgIpc) is 2.99. The molecule has 0 saturated carbocycles. The number of aliphatic carboxylic acids is 1. The zero-order valence-corrected chi connectivity index (χ0v) is 23.1. The molecule has 1 fully saturated rings. The highest BCUT2D eigenvalue weighted by atomic mass is 32.2. The molecule has 0 spiro atoms. The number of aromatic nitrogens is 2. The monoisotopic (exact) mass is 565 g/mol. The van der Waals surface area contributed by atoms with Gasteiger partial charge in [0.05, 0.1) is 18.8 Å². The van der Waals surface area contributed by atoms with Gasteiger partial charge in [-0.05, 0) is 35.6 Å². The largest absolute Gasteiger partial charge is 0.481 e. The van der Waals surface area contributed by atoms with Crippen LogP contribution >= 0.6 is 11.8 Å². The van der Waals surface area contributed by atoms with Gasteiger partial charge in [-0.2, -0.15) is 0 Å². The van der Waals surface area contributed by atoms with Crippen LogP contribution in [0.5, 0.6) is 0 Å². The Hall–Kier alpha value is -3.31. The predicted molar refractivity (Wildman–Crippen MR) is 150 cm³/mol. The molecule has 3 aromatic rings. The molecule has 3 atom stereocenters. The van der Waals surface area contributed by atoms with E-state index in [1.807, 2.05) is 48.5 Å². The van der Waals surface area contributed by atoms with Crippen LogP contribution in [-0.2, 0) is 32.2 Å². The Bertz CT molecular complexity index is 1210. The van der Waals surface area contributed by atoms with Crippen molar-refractivity contribution in [2.75, 3.05) is 5.75 Å². The molecule has 3 N–H and O–H groups in total. The summed E-state index contributed by atoms with van der Waals surface area (Å²) in [5, 5.41) is 21.7. The van der Waals surface area contributed by atoms with Crippen LogP contribution in [0.1, 0.15) is 73.2 Å². The number of aliphatic hydroxyl groups excluding tert-OH is 1. The van der Waals surface area contributed by atoms with Crippen molar-refractivity contribution in [2.24, 2.45) is 0 Å². The summed E-state index contributed by atoms with van der Waals surface area (Å²) in [4.78, 5) is 31.3. The van der Waals surface area contributed by atoms with E-state index in [2.05, 4.69) is 15.3 Å². The van der Waals surface area contributed by atoms with E-state index in [4.69, 9.17) is 14.6 Å². The van der Waals surface area contributed by atoms with Gasteiger partial charge in [0.2, 0.25) is 5.91 Å². The van der Waals surface area contributed by atoms with Crippen LogP contribution in [0.3, 0.4) is 0 Å².